The van der Waals surface area contributed by atoms with Crippen molar-refractivity contribution in [1.82, 2.24) is 29.7 Å². The van der Waals surface area contributed by atoms with E-state index in [4.69, 9.17) is 19.4 Å². The van der Waals surface area contributed by atoms with Crippen LogP contribution in [-0.2, 0) is 27.2 Å². The third-order valence-electron chi connectivity index (χ3n) is 10.2. The summed E-state index contributed by atoms with van der Waals surface area (Å²) in [5.41, 5.74) is 10.9. The summed E-state index contributed by atoms with van der Waals surface area (Å²) in [6.07, 6.45) is 2.11. The van der Waals surface area contributed by atoms with Crippen molar-refractivity contribution in [3.63, 3.8) is 0 Å². The van der Waals surface area contributed by atoms with Crippen LogP contribution in [0.2, 0.25) is 0 Å². The molecule has 9 heteroatoms. The summed E-state index contributed by atoms with van der Waals surface area (Å²) in [7, 11) is 7.65. The molecule has 0 bridgehead atoms. The van der Waals surface area contributed by atoms with Crippen molar-refractivity contribution in [3.05, 3.63) is 121 Å². The van der Waals surface area contributed by atoms with E-state index in [0.717, 1.165) is 82.4 Å². The molecule has 0 aliphatic heterocycles. The number of unbranched alkanes of at least 4 members (excludes halogenated alkanes) is 1. The van der Waals surface area contributed by atoms with Gasteiger partial charge in [-0.3, -0.25) is 0 Å². The number of nitrogens with zero attached hydrogens (tertiary/aromatic N) is 4. The van der Waals surface area contributed by atoms with Crippen molar-refractivity contribution in [2.24, 2.45) is 14.1 Å². The van der Waals surface area contributed by atoms with Gasteiger partial charge in [-0.05, 0) is 98.7 Å². The quantitative estimate of drug-likeness (QED) is 0.116. The number of methoxy groups -OCH3 is 2. The van der Waals surface area contributed by atoms with Crippen LogP contribution in [0.1, 0.15) is 24.2 Å². The lowest BCUT2D eigenvalue weighted by atomic mass is 10.1. The summed E-state index contributed by atoms with van der Waals surface area (Å²) in [6.45, 7) is 3.24. The van der Waals surface area contributed by atoms with Crippen LogP contribution in [0.5, 0.6) is 11.5 Å². The second-order valence-corrected chi connectivity index (χ2v) is 13.4. The lowest BCUT2D eigenvalue weighted by molar-refractivity contribution is 0.415. The predicted octanol–water partition coefficient (Wildman–Crippen LogP) is 9.20. The second-order valence-electron chi connectivity index (χ2n) is 13.4. The number of nitrogens with one attached hydrogen (secondary N) is 2. The Morgan fingerprint density at radius 2 is 0.925 bits per heavy atom. The number of fused-ring (bicyclic) bond motifs is 6. The van der Waals surface area contributed by atoms with Crippen molar-refractivity contribution in [2.45, 2.75) is 25.9 Å². The number of rotatable bonds is 13. The first-order valence-corrected chi connectivity index (χ1v) is 18.0. The number of benzene rings is 4. The van der Waals surface area contributed by atoms with Crippen molar-refractivity contribution >= 4 is 56.0 Å². The fourth-order valence-corrected chi connectivity index (χ4v) is 7.52. The van der Waals surface area contributed by atoms with Gasteiger partial charge in [0, 0.05) is 70.9 Å². The molecule has 0 radical (unpaired) electrons. The molecule has 53 heavy (non-hydrogen) atoms. The highest BCUT2D eigenvalue weighted by Gasteiger charge is 2.18. The summed E-state index contributed by atoms with van der Waals surface area (Å²) < 4.78 is 15.4. The van der Waals surface area contributed by atoms with E-state index in [1.54, 1.807) is 14.2 Å². The van der Waals surface area contributed by atoms with Gasteiger partial charge in [-0.15, -0.1) is 12.4 Å². The molecule has 0 aliphatic carbocycles. The number of aryl methyl sites for hydroxylation is 2. The first-order chi connectivity index (χ1) is 25.5. The van der Waals surface area contributed by atoms with E-state index in [1.165, 1.54) is 32.6 Å². The third-order valence-corrected chi connectivity index (χ3v) is 10.2. The molecule has 0 fully saturated rings. The molecular weight excluding hydrogens is 680 g/mol. The van der Waals surface area contributed by atoms with E-state index in [1.807, 2.05) is 24.3 Å². The Balaban J connectivity index is 0.00000435. The van der Waals surface area contributed by atoms with Crippen LogP contribution < -0.4 is 20.1 Å². The van der Waals surface area contributed by atoms with E-state index >= 15 is 0 Å². The number of pyridine rings is 2. The highest BCUT2D eigenvalue weighted by molar-refractivity contribution is 6.13. The maximum Gasteiger partial charge on any atom is 0.118 e. The zero-order chi connectivity index (χ0) is 35.6. The minimum atomic E-state index is 0. The number of para-hydroxylation sites is 2. The standard InChI is InChI=1S/C44H44N6O2.ClH/c1-49-39-13-7-5-11-35(39)37-25-31(47-41(43(37)49)29-15-19-33(51-3)20-16-29)27-45-23-9-10-24-46-28-32-26-38-36-12-6-8-14-40(36)50(2)44(38)42(48-32)30-17-21-34(52-4)22-18-30;/h5-8,11-22,25-26,45-46H,9-10,23-24,27-28H2,1-4H3;1H. The third kappa shape index (κ3) is 6.93. The fourth-order valence-electron chi connectivity index (χ4n) is 7.52. The van der Waals surface area contributed by atoms with Crippen LogP contribution in [0.4, 0.5) is 0 Å². The molecule has 0 atom stereocenters. The molecule has 0 unspecified atom stereocenters. The van der Waals surface area contributed by atoms with Crippen molar-refractivity contribution in [2.75, 3.05) is 27.3 Å². The van der Waals surface area contributed by atoms with Gasteiger partial charge >= 0.3 is 0 Å². The topological polar surface area (TPSA) is 78.2 Å². The maximum atomic E-state index is 5.42. The Bertz CT molecular complexity index is 2340. The van der Waals surface area contributed by atoms with E-state index in [2.05, 4.69) is 119 Å². The highest BCUT2D eigenvalue weighted by Crippen LogP contribution is 2.37. The van der Waals surface area contributed by atoms with Gasteiger partial charge in [0.25, 0.3) is 0 Å². The molecule has 4 aromatic carbocycles. The number of ether oxygens (including phenoxy) is 2. The molecular formula is C44H45ClN6O2. The predicted molar refractivity (Wildman–Crippen MR) is 220 cm³/mol. The molecule has 0 aliphatic rings. The lowest BCUT2D eigenvalue weighted by Crippen LogP contribution is -2.19. The number of hydrogen-bond donors (Lipinski definition) is 2. The Kier molecular flexibility index (Phi) is 10.6. The van der Waals surface area contributed by atoms with E-state index in [0.29, 0.717) is 13.1 Å². The summed E-state index contributed by atoms with van der Waals surface area (Å²) >= 11 is 0. The fraction of sp³-hybridized carbons (Fsp3) is 0.227. The monoisotopic (exact) mass is 724 g/mol. The molecule has 0 saturated carbocycles. The van der Waals surface area contributed by atoms with Gasteiger partial charge in [-0.25, -0.2) is 9.97 Å². The molecule has 4 heterocycles. The molecule has 8 nitrogen and oxygen atoms in total. The smallest absolute Gasteiger partial charge is 0.118 e. The van der Waals surface area contributed by atoms with Crippen LogP contribution in [0.15, 0.2) is 109 Å². The molecule has 0 saturated heterocycles. The molecule has 2 N–H and O–H groups in total. The molecule has 8 rings (SSSR count). The summed E-state index contributed by atoms with van der Waals surface area (Å²) in [4.78, 5) is 10.4. The Hall–Kier alpha value is -5.41. The maximum absolute atomic E-state index is 5.42. The Morgan fingerprint density at radius 3 is 1.32 bits per heavy atom. The van der Waals surface area contributed by atoms with Gasteiger partial charge in [0.15, 0.2) is 0 Å². The van der Waals surface area contributed by atoms with Gasteiger partial charge < -0.3 is 29.2 Å². The molecule has 0 spiro atoms. The van der Waals surface area contributed by atoms with Crippen LogP contribution in [0.3, 0.4) is 0 Å². The Morgan fingerprint density at radius 1 is 0.528 bits per heavy atom. The second kappa shape index (κ2) is 15.7. The molecule has 4 aromatic heterocycles. The van der Waals surface area contributed by atoms with Gasteiger partial charge in [0.2, 0.25) is 0 Å². The van der Waals surface area contributed by atoms with E-state index < -0.39 is 0 Å². The minimum Gasteiger partial charge on any atom is -0.497 e. The molecule has 0 amide bonds. The number of halogens is 1. The first-order valence-electron chi connectivity index (χ1n) is 18.0. The number of hydrogen-bond acceptors (Lipinski definition) is 6. The normalized spacial score (nSPS) is 11.5. The largest absolute Gasteiger partial charge is 0.497 e. The summed E-state index contributed by atoms with van der Waals surface area (Å²) in [6, 6.07) is 38.1. The van der Waals surface area contributed by atoms with Crippen molar-refractivity contribution in [3.8, 4) is 34.0 Å². The van der Waals surface area contributed by atoms with Crippen molar-refractivity contribution in [1.29, 1.82) is 0 Å². The van der Waals surface area contributed by atoms with Crippen molar-refractivity contribution < 1.29 is 9.47 Å². The van der Waals surface area contributed by atoms with Gasteiger partial charge in [-0.1, -0.05) is 36.4 Å². The number of aromatic nitrogens is 4. The SMILES string of the molecule is COc1ccc(-c2nc(CNCCCCNCc3cc4c5ccccc5n(C)c4c(-c4ccc(OC)cc4)n3)cc3c4ccccc4n(C)c23)cc1.Cl. The molecule has 8 aromatic rings. The van der Waals surface area contributed by atoms with Gasteiger partial charge in [0.05, 0.1) is 48.0 Å². The summed E-state index contributed by atoms with van der Waals surface area (Å²) in [5.74, 6) is 1.68. The van der Waals surface area contributed by atoms with E-state index in [9.17, 15) is 0 Å². The minimum absolute atomic E-state index is 0. The zero-order valence-corrected chi connectivity index (χ0v) is 31.5. The van der Waals surface area contributed by atoms with Crippen LogP contribution in [0, 0.1) is 0 Å². The zero-order valence-electron chi connectivity index (χ0n) is 30.6. The van der Waals surface area contributed by atoms with Crippen LogP contribution in [0.25, 0.3) is 66.1 Å². The Labute approximate surface area is 316 Å². The lowest BCUT2D eigenvalue weighted by Gasteiger charge is -2.12. The average Bonchev–Trinajstić information content (AvgIpc) is 3.65. The van der Waals surface area contributed by atoms with Gasteiger partial charge in [0.1, 0.15) is 11.5 Å². The van der Waals surface area contributed by atoms with E-state index in [-0.39, 0.29) is 12.4 Å². The van der Waals surface area contributed by atoms with Crippen LogP contribution in [-0.4, -0.2) is 46.4 Å². The summed E-state index contributed by atoms with van der Waals surface area (Å²) in [5, 5.41) is 12.3. The van der Waals surface area contributed by atoms with Crippen LogP contribution >= 0.6 is 12.4 Å². The van der Waals surface area contributed by atoms with Gasteiger partial charge in [-0.2, -0.15) is 0 Å². The highest BCUT2D eigenvalue weighted by atomic mass is 35.5. The molecule has 270 valence electrons. The average molecular weight is 725 g/mol. The first kappa shape index (κ1) is 36.0.